The van der Waals surface area contributed by atoms with Gasteiger partial charge in [-0.3, -0.25) is 18.2 Å². The minimum atomic E-state index is -5.21. The normalized spacial score (nSPS) is 14.7. The average Bonchev–Trinajstić information content (AvgIpc) is 2.83. The first-order valence-electron chi connectivity index (χ1n) is 11.4. The van der Waals surface area contributed by atoms with Gasteiger partial charge >= 0.3 is 0 Å². The molecule has 0 saturated heterocycles. The number of anilines is 1. The lowest BCUT2D eigenvalue weighted by Gasteiger charge is -2.33. The Morgan fingerprint density at radius 3 is 1.69 bits per heavy atom. The van der Waals surface area contributed by atoms with Crippen molar-refractivity contribution in [3.8, 4) is 5.75 Å². The molecule has 1 radical (unpaired) electrons. The summed E-state index contributed by atoms with van der Waals surface area (Å²) in [6.45, 7) is 5.61. The second kappa shape index (κ2) is 9.85. The topological polar surface area (TPSA) is 264 Å². The highest BCUT2D eigenvalue weighted by atomic mass is 32.2. The number of aromatic hydroxyl groups is 1. The molecule has 0 aromatic heterocycles. The quantitative estimate of drug-likeness (QED) is 0.123. The fraction of sp³-hybridized carbons (Fsp3) is 0.125. The van der Waals surface area contributed by atoms with E-state index in [2.05, 4.69) is 6.92 Å². The van der Waals surface area contributed by atoms with Crippen molar-refractivity contribution < 1.29 is 57.0 Å². The Hall–Kier alpha value is -3.36. The molecule has 0 bridgehead atoms. The minimum Gasteiger partial charge on any atom is -0.507 e. The molecule has 42 heavy (non-hydrogen) atoms. The largest absolute Gasteiger partial charge is 0.507 e. The Bertz CT molecular complexity index is 2260. The summed E-state index contributed by atoms with van der Waals surface area (Å²) in [6, 6.07) is 7.03. The average molecular weight is 661 g/mol. The SMILES string of the molecule is [CH2]C(CC)(c1cc2c(S(=O)(=O)O)cc(S(=O)(=O)O)cc2cc1S(=O)(=O)O)c1cc(N)cc2cc(S(=O)(=O)O)cc(O)c12. The van der Waals surface area contributed by atoms with Gasteiger partial charge in [-0.25, -0.2) is 0 Å². The molecular formula is C24H22NO13S4. The van der Waals surface area contributed by atoms with Crippen LogP contribution in [-0.2, 0) is 45.9 Å². The minimum absolute atomic E-state index is 0.0217. The van der Waals surface area contributed by atoms with E-state index in [1.54, 1.807) is 0 Å². The first-order chi connectivity index (χ1) is 19.0. The number of phenols is 1. The van der Waals surface area contributed by atoms with Crippen molar-refractivity contribution in [3.05, 3.63) is 66.6 Å². The zero-order chi connectivity index (χ0) is 31.8. The number of nitrogens with two attached hydrogens (primary N) is 1. The summed E-state index contributed by atoms with van der Waals surface area (Å²) in [4.78, 5) is -3.61. The van der Waals surface area contributed by atoms with Gasteiger partial charge in [0, 0.05) is 27.9 Å². The lowest BCUT2D eigenvalue weighted by molar-refractivity contribution is 0.469. The van der Waals surface area contributed by atoms with E-state index >= 15 is 0 Å². The highest BCUT2D eigenvalue weighted by Gasteiger charge is 2.37. The highest BCUT2D eigenvalue weighted by molar-refractivity contribution is 7.87. The van der Waals surface area contributed by atoms with E-state index in [-0.39, 0.29) is 28.4 Å². The van der Waals surface area contributed by atoms with E-state index < -0.39 is 87.6 Å². The van der Waals surface area contributed by atoms with Crippen LogP contribution in [0.1, 0.15) is 24.5 Å². The molecule has 0 aliphatic heterocycles. The highest BCUT2D eigenvalue weighted by Crippen LogP contribution is 2.47. The van der Waals surface area contributed by atoms with Gasteiger partial charge in [0.2, 0.25) is 0 Å². The fourth-order valence-corrected chi connectivity index (χ4v) is 7.51. The van der Waals surface area contributed by atoms with E-state index in [9.17, 15) is 57.0 Å². The molecule has 4 rings (SSSR count). The molecule has 0 aliphatic rings. The zero-order valence-corrected chi connectivity index (χ0v) is 24.5. The fourth-order valence-electron chi connectivity index (χ4n) is 4.82. The molecule has 0 amide bonds. The van der Waals surface area contributed by atoms with Gasteiger partial charge in [-0.05, 0) is 77.7 Å². The van der Waals surface area contributed by atoms with E-state index in [1.165, 1.54) is 19.1 Å². The molecule has 4 aromatic rings. The maximum atomic E-state index is 12.6. The van der Waals surface area contributed by atoms with Crippen molar-refractivity contribution in [3.63, 3.8) is 0 Å². The molecule has 0 aliphatic carbocycles. The van der Waals surface area contributed by atoms with Gasteiger partial charge in [-0.15, -0.1) is 0 Å². The van der Waals surface area contributed by atoms with E-state index in [1.807, 2.05) is 0 Å². The van der Waals surface area contributed by atoms with Crippen molar-refractivity contribution in [2.24, 2.45) is 0 Å². The van der Waals surface area contributed by atoms with E-state index in [0.717, 1.165) is 18.2 Å². The van der Waals surface area contributed by atoms with Gasteiger partial charge in [0.15, 0.2) is 0 Å². The molecule has 7 N–H and O–H groups in total. The number of nitrogen functional groups attached to an aromatic ring is 1. The summed E-state index contributed by atoms with van der Waals surface area (Å²) >= 11 is 0. The van der Waals surface area contributed by atoms with Crippen LogP contribution in [0.15, 0.2) is 68.1 Å². The molecule has 225 valence electrons. The Labute approximate surface area is 240 Å². The zero-order valence-electron chi connectivity index (χ0n) is 21.2. The van der Waals surface area contributed by atoms with Gasteiger partial charge in [0.1, 0.15) is 10.6 Å². The molecule has 18 heteroatoms. The smallest absolute Gasteiger partial charge is 0.295 e. The lowest BCUT2D eigenvalue weighted by atomic mass is 9.72. The van der Waals surface area contributed by atoms with Crippen LogP contribution in [-0.4, -0.2) is 57.0 Å². The molecule has 0 heterocycles. The first kappa shape index (κ1) is 31.6. The maximum Gasteiger partial charge on any atom is 0.295 e. The van der Waals surface area contributed by atoms with Crippen molar-refractivity contribution in [2.45, 2.75) is 38.3 Å². The van der Waals surface area contributed by atoms with Crippen LogP contribution < -0.4 is 5.73 Å². The summed E-state index contributed by atoms with van der Waals surface area (Å²) < 4.78 is 136. The third kappa shape index (κ3) is 5.54. The van der Waals surface area contributed by atoms with Gasteiger partial charge in [-0.2, -0.15) is 33.7 Å². The monoisotopic (exact) mass is 660 g/mol. The summed E-state index contributed by atoms with van der Waals surface area (Å²) in [5, 5.41) is 9.86. The van der Waals surface area contributed by atoms with E-state index in [0.29, 0.717) is 18.2 Å². The Morgan fingerprint density at radius 1 is 0.667 bits per heavy atom. The Balaban J connectivity index is 2.25. The van der Waals surface area contributed by atoms with Crippen LogP contribution in [0.25, 0.3) is 21.5 Å². The predicted molar refractivity (Wildman–Crippen MR) is 150 cm³/mol. The third-order valence-corrected chi connectivity index (χ3v) is 10.2. The number of phenolic OH excluding ortho intramolecular Hbond substituents is 1. The number of hydrogen-bond donors (Lipinski definition) is 6. The summed E-state index contributed by atoms with van der Waals surface area (Å²) in [5.41, 5.74) is 3.76. The number of hydrogen-bond acceptors (Lipinski definition) is 10. The number of benzene rings is 4. The number of rotatable bonds is 7. The number of fused-ring (bicyclic) bond motifs is 2. The summed E-state index contributed by atoms with van der Waals surface area (Å²) in [5.74, 6) is -0.692. The van der Waals surface area contributed by atoms with Crippen molar-refractivity contribution >= 4 is 67.7 Å². The van der Waals surface area contributed by atoms with Crippen LogP contribution in [0.4, 0.5) is 5.69 Å². The molecule has 0 spiro atoms. The van der Waals surface area contributed by atoms with E-state index in [4.69, 9.17) is 5.73 Å². The molecule has 14 nitrogen and oxygen atoms in total. The van der Waals surface area contributed by atoms with Crippen LogP contribution in [0, 0.1) is 6.92 Å². The predicted octanol–water partition coefficient (Wildman–Crippen LogP) is 2.80. The Morgan fingerprint density at radius 2 is 1.19 bits per heavy atom. The van der Waals surface area contributed by atoms with Crippen LogP contribution >= 0.6 is 0 Å². The first-order valence-corrected chi connectivity index (χ1v) is 17.2. The molecule has 1 unspecified atom stereocenters. The van der Waals surface area contributed by atoms with Crippen molar-refractivity contribution in [2.75, 3.05) is 5.73 Å². The standard InChI is InChI=1S/C24H22NO13S4/c1-3-24(2,19-8-14(25)4-13-6-15(39(27,28)29)9-20(26)23(13)19)18-11-17-12(7-22(18)42(36,37)38)5-16(40(30,31)32)10-21(17)41(33,34)35/h4-11,26H,2-3,25H2,1H3,(H,27,28,29)(H,30,31,32)(H,33,34,35)(H,36,37,38). The van der Waals surface area contributed by atoms with Gasteiger partial charge in [0.25, 0.3) is 40.5 Å². The molecule has 0 fully saturated rings. The van der Waals surface area contributed by atoms with Gasteiger partial charge in [0.05, 0.1) is 14.7 Å². The van der Waals surface area contributed by atoms with Crippen molar-refractivity contribution in [1.29, 1.82) is 0 Å². The summed E-state index contributed by atoms with van der Waals surface area (Å²) in [6.07, 6.45) is -0.136. The molecule has 1 atom stereocenters. The van der Waals surface area contributed by atoms with Crippen LogP contribution in [0.2, 0.25) is 0 Å². The molecule has 0 saturated carbocycles. The molecule has 4 aromatic carbocycles. The maximum absolute atomic E-state index is 12.6. The van der Waals surface area contributed by atoms with Crippen LogP contribution in [0.3, 0.4) is 0 Å². The van der Waals surface area contributed by atoms with Gasteiger partial charge < -0.3 is 10.8 Å². The second-order valence-electron chi connectivity index (χ2n) is 9.44. The van der Waals surface area contributed by atoms with Crippen molar-refractivity contribution in [1.82, 2.24) is 0 Å². The molecular weight excluding hydrogens is 639 g/mol. The Kier molecular flexibility index (Phi) is 7.40. The van der Waals surface area contributed by atoms with Gasteiger partial charge in [-0.1, -0.05) is 6.92 Å². The third-order valence-electron chi connectivity index (χ3n) is 6.80. The second-order valence-corrected chi connectivity index (χ2v) is 15.1. The summed E-state index contributed by atoms with van der Waals surface area (Å²) in [7, 11) is -20.3. The lowest BCUT2D eigenvalue weighted by Crippen LogP contribution is -2.26. The van der Waals surface area contributed by atoms with Crippen LogP contribution in [0.5, 0.6) is 5.75 Å².